The summed E-state index contributed by atoms with van der Waals surface area (Å²) in [7, 11) is 0. The quantitative estimate of drug-likeness (QED) is 0.511. The molecule has 0 fully saturated rings. The molecule has 1 aromatic carbocycles. The molecule has 0 atom stereocenters. The number of nitrogens with one attached hydrogen (secondary N) is 1. The van der Waals surface area contributed by atoms with Crippen molar-refractivity contribution in [1.29, 1.82) is 0 Å². The first-order chi connectivity index (χ1) is 11.2. The zero-order valence-electron chi connectivity index (χ0n) is 12.0. The molecule has 1 amide bonds. The number of thioether (sulfide) groups is 1. The maximum atomic E-state index is 12.0. The molecular weight excluding hydrogens is 412 g/mol. The fraction of sp³-hybridized carbons (Fsp3) is 0.125. The molecule has 0 aliphatic rings. The number of carbonyl (C=O) groups excluding carboxylic acids is 1. The smallest absolute Gasteiger partial charge is 0.226 e. The Bertz CT molecular complexity index is 785. The molecule has 0 saturated carbocycles. The standard InChI is InChI=1S/C16H13BrN2OS3/c17-14-7-6-13(23-14)12-10-22-16(18-12)19-15(20)8-9-21-11-4-2-1-3-5-11/h1-7,10H,8-9H2,(H,18,19,20). The van der Waals surface area contributed by atoms with E-state index in [1.807, 2.05) is 35.7 Å². The van der Waals surface area contributed by atoms with Crippen LogP contribution < -0.4 is 5.32 Å². The number of nitrogens with zero attached hydrogens (tertiary/aromatic N) is 1. The number of rotatable bonds is 6. The molecule has 7 heteroatoms. The van der Waals surface area contributed by atoms with Crippen molar-refractivity contribution in [2.75, 3.05) is 11.1 Å². The lowest BCUT2D eigenvalue weighted by Crippen LogP contribution is -2.11. The summed E-state index contributed by atoms with van der Waals surface area (Å²) in [6.45, 7) is 0. The van der Waals surface area contributed by atoms with Crippen LogP contribution in [0.5, 0.6) is 0 Å². The Morgan fingerprint density at radius 3 is 2.78 bits per heavy atom. The molecule has 0 unspecified atom stereocenters. The van der Waals surface area contributed by atoms with E-state index in [4.69, 9.17) is 0 Å². The number of anilines is 1. The summed E-state index contributed by atoms with van der Waals surface area (Å²) in [5.41, 5.74) is 0.902. The third-order valence-corrected chi connectivity index (χ3v) is 6.33. The number of halogens is 1. The summed E-state index contributed by atoms with van der Waals surface area (Å²) in [4.78, 5) is 18.7. The number of amides is 1. The average molecular weight is 425 g/mol. The molecular formula is C16H13BrN2OS3. The van der Waals surface area contributed by atoms with Gasteiger partial charge in [0.25, 0.3) is 0 Å². The molecule has 2 aromatic heterocycles. The van der Waals surface area contributed by atoms with Crippen molar-refractivity contribution in [1.82, 2.24) is 4.98 Å². The molecule has 0 bridgehead atoms. The van der Waals surface area contributed by atoms with E-state index in [0.717, 1.165) is 20.1 Å². The largest absolute Gasteiger partial charge is 0.302 e. The average Bonchev–Trinajstić information content (AvgIpc) is 3.17. The molecule has 0 radical (unpaired) electrons. The predicted octanol–water partition coefficient (Wildman–Crippen LogP) is 5.76. The molecule has 0 saturated heterocycles. The first-order valence-electron chi connectivity index (χ1n) is 6.89. The molecule has 2 heterocycles. The van der Waals surface area contributed by atoms with Gasteiger partial charge in [-0.2, -0.15) is 0 Å². The summed E-state index contributed by atoms with van der Waals surface area (Å²) < 4.78 is 1.07. The van der Waals surface area contributed by atoms with Crippen LogP contribution >= 0.6 is 50.4 Å². The van der Waals surface area contributed by atoms with Gasteiger partial charge in [0.2, 0.25) is 5.91 Å². The SMILES string of the molecule is O=C(CCSc1ccccc1)Nc1nc(-c2ccc(Br)s2)cs1. The Morgan fingerprint density at radius 1 is 1.22 bits per heavy atom. The van der Waals surface area contributed by atoms with Gasteiger partial charge < -0.3 is 5.32 Å². The van der Waals surface area contributed by atoms with Crippen LogP contribution in [0.3, 0.4) is 0 Å². The van der Waals surface area contributed by atoms with Crippen LogP contribution in [0.25, 0.3) is 10.6 Å². The van der Waals surface area contributed by atoms with Gasteiger partial charge in [0.05, 0.1) is 14.4 Å². The van der Waals surface area contributed by atoms with Crippen molar-refractivity contribution in [3.05, 3.63) is 51.6 Å². The summed E-state index contributed by atoms with van der Waals surface area (Å²) >= 11 is 8.21. The van der Waals surface area contributed by atoms with Gasteiger partial charge in [0.15, 0.2) is 5.13 Å². The zero-order valence-corrected chi connectivity index (χ0v) is 16.0. The molecule has 23 heavy (non-hydrogen) atoms. The fourth-order valence-corrected chi connectivity index (χ4v) is 4.88. The third kappa shape index (κ3) is 4.91. The van der Waals surface area contributed by atoms with E-state index in [-0.39, 0.29) is 5.91 Å². The van der Waals surface area contributed by atoms with E-state index in [9.17, 15) is 4.79 Å². The van der Waals surface area contributed by atoms with Crippen LogP contribution in [0.2, 0.25) is 0 Å². The van der Waals surface area contributed by atoms with E-state index in [1.54, 1.807) is 23.1 Å². The molecule has 3 nitrogen and oxygen atoms in total. The molecule has 1 N–H and O–H groups in total. The summed E-state index contributed by atoms with van der Waals surface area (Å²) in [5, 5.41) is 5.49. The Kier molecular flexibility index (Phi) is 5.88. The lowest BCUT2D eigenvalue weighted by Gasteiger charge is -2.02. The van der Waals surface area contributed by atoms with Crippen LogP contribution in [0, 0.1) is 0 Å². The number of thiazole rings is 1. The first kappa shape index (κ1) is 16.7. The molecule has 0 aliphatic carbocycles. The highest BCUT2D eigenvalue weighted by molar-refractivity contribution is 9.11. The van der Waals surface area contributed by atoms with Crippen molar-refractivity contribution < 1.29 is 4.79 Å². The van der Waals surface area contributed by atoms with Gasteiger partial charge in [0.1, 0.15) is 0 Å². The van der Waals surface area contributed by atoms with Crippen LogP contribution in [-0.2, 0) is 4.79 Å². The van der Waals surface area contributed by atoms with Gasteiger partial charge in [0, 0.05) is 22.4 Å². The van der Waals surface area contributed by atoms with Gasteiger partial charge in [-0.3, -0.25) is 4.79 Å². The highest BCUT2D eigenvalue weighted by Crippen LogP contribution is 2.33. The van der Waals surface area contributed by atoms with E-state index in [0.29, 0.717) is 11.6 Å². The van der Waals surface area contributed by atoms with Crippen molar-refractivity contribution in [3.8, 4) is 10.6 Å². The first-order valence-corrected chi connectivity index (χ1v) is 10.4. The maximum Gasteiger partial charge on any atom is 0.226 e. The van der Waals surface area contributed by atoms with Gasteiger partial charge in [-0.05, 0) is 40.2 Å². The number of carbonyl (C=O) groups is 1. The molecule has 118 valence electrons. The Labute approximate surface area is 155 Å². The third-order valence-electron chi connectivity index (χ3n) is 2.92. The van der Waals surface area contributed by atoms with E-state index in [2.05, 4.69) is 38.4 Å². The van der Waals surface area contributed by atoms with Crippen molar-refractivity contribution in [2.24, 2.45) is 0 Å². The van der Waals surface area contributed by atoms with Gasteiger partial charge in [-0.1, -0.05) is 18.2 Å². The number of hydrogen-bond acceptors (Lipinski definition) is 5. The summed E-state index contributed by atoms with van der Waals surface area (Å²) in [5.74, 6) is 0.757. The second kappa shape index (κ2) is 8.10. The van der Waals surface area contributed by atoms with E-state index < -0.39 is 0 Å². The fourth-order valence-electron chi connectivity index (χ4n) is 1.86. The highest BCUT2D eigenvalue weighted by Gasteiger charge is 2.09. The molecule has 0 spiro atoms. The number of aromatic nitrogens is 1. The van der Waals surface area contributed by atoms with Gasteiger partial charge >= 0.3 is 0 Å². The minimum atomic E-state index is 0.00157. The Balaban J connectivity index is 1.49. The zero-order chi connectivity index (χ0) is 16.1. The Hall–Kier alpha value is -1.15. The molecule has 0 aliphatic heterocycles. The van der Waals surface area contributed by atoms with Crippen molar-refractivity contribution >= 4 is 61.4 Å². The second-order valence-electron chi connectivity index (χ2n) is 4.60. The topological polar surface area (TPSA) is 42.0 Å². The van der Waals surface area contributed by atoms with Crippen LogP contribution in [-0.4, -0.2) is 16.6 Å². The molecule has 3 rings (SSSR count). The lowest BCUT2D eigenvalue weighted by molar-refractivity contribution is -0.115. The second-order valence-corrected chi connectivity index (χ2v) is 9.09. The monoisotopic (exact) mass is 424 g/mol. The number of benzene rings is 1. The van der Waals surface area contributed by atoms with Gasteiger partial charge in [-0.15, -0.1) is 34.4 Å². The van der Waals surface area contributed by atoms with E-state index >= 15 is 0 Å². The van der Waals surface area contributed by atoms with Gasteiger partial charge in [-0.25, -0.2) is 4.98 Å². The summed E-state index contributed by atoms with van der Waals surface area (Å²) in [6.07, 6.45) is 0.471. The summed E-state index contributed by atoms with van der Waals surface area (Å²) in [6, 6.07) is 14.1. The Morgan fingerprint density at radius 2 is 2.04 bits per heavy atom. The normalized spacial score (nSPS) is 10.7. The van der Waals surface area contributed by atoms with Crippen LogP contribution in [0.1, 0.15) is 6.42 Å². The van der Waals surface area contributed by atoms with Crippen molar-refractivity contribution in [3.63, 3.8) is 0 Å². The van der Waals surface area contributed by atoms with Crippen molar-refractivity contribution in [2.45, 2.75) is 11.3 Å². The number of thiophene rings is 1. The minimum Gasteiger partial charge on any atom is -0.302 e. The predicted molar refractivity (Wildman–Crippen MR) is 104 cm³/mol. The van der Waals surface area contributed by atoms with Crippen LogP contribution in [0.4, 0.5) is 5.13 Å². The molecule has 3 aromatic rings. The van der Waals surface area contributed by atoms with E-state index in [1.165, 1.54) is 16.2 Å². The highest BCUT2D eigenvalue weighted by atomic mass is 79.9. The number of hydrogen-bond donors (Lipinski definition) is 1. The van der Waals surface area contributed by atoms with Crippen LogP contribution in [0.15, 0.2) is 56.5 Å². The maximum absolute atomic E-state index is 12.0. The minimum absolute atomic E-state index is 0.00157. The lowest BCUT2D eigenvalue weighted by atomic mass is 10.4.